The highest BCUT2D eigenvalue weighted by Crippen LogP contribution is 2.04. The third-order valence-corrected chi connectivity index (χ3v) is 2.93. The van der Waals surface area contributed by atoms with E-state index in [-0.39, 0.29) is 5.69 Å². The van der Waals surface area contributed by atoms with Crippen molar-refractivity contribution in [3.63, 3.8) is 0 Å². The number of aromatic nitrogens is 5. The fraction of sp³-hybridized carbons (Fsp3) is 0.538. The Labute approximate surface area is 112 Å². The Morgan fingerprint density at radius 2 is 2.16 bits per heavy atom. The zero-order chi connectivity index (χ0) is 13.7. The molecule has 102 valence electrons. The van der Waals surface area contributed by atoms with Gasteiger partial charge in [0.2, 0.25) is 0 Å². The van der Waals surface area contributed by atoms with Gasteiger partial charge < -0.3 is 0 Å². The summed E-state index contributed by atoms with van der Waals surface area (Å²) in [5.74, 6) is 1.64. The monoisotopic (exact) mass is 261 g/mol. The van der Waals surface area contributed by atoms with Crippen LogP contribution in [0.3, 0.4) is 0 Å². The first kappa shape index (κ1) is 13.5. The highest BCUT2D eigenvalue weighted by Gasteiger charge is 2.09. The molecular formula is C13H19N5O. The first-order valence-electron chi connectivity index (χ1n) is 6.68. The Kier molecular flexibility index (Phi) is 4.43. The number of unbranched alkanes of at least 4 members (excludes halogenated alkanes) is 1. The van der Waals surface area contributed by atoms with Gasteiger partial charge in [-0.2, -0.15) is 5.10 Å². The standard InChI is InChI=1S/C13H19N5O/c1-3-5-9-18-12(15-11(4-2)16-18)10-17-8-6-7-14-13(17)19/h6-8H,3-5,9-10H2,1-2H3. The Morgan fingerprint density at radius 1 is 1.32 bits per heavy atom. The average molecular weight is 261 g/mol. The molecule has 19 heavy (non-hydrogen) atoms. The fourth-order valence-corrected chi connectivity index (χ4v) is 1.84. The smallest absolute Gasteiger partial charge is 0.292 e. The van der Waals surface area contributed by atoms with E-state index in [4.69, 9.17) is 0 Å². The van der Waals surface area contributed by atoms with Crippen LogP contribution in [-0.2, 0) is 19.5 Å². The van der Waals surface area contributed by atoms with Gasteiger partial charge in [0.25, 0.3) is 0 Å². The lowest BCUT2D eigenvalue weighted by atomic mass is 10.3. The van der Waals surface area contributed by atoms with E-state index in [1.165, 1.54) is 6.20 Å². The summed E-state index contributed by atoms with van der Waals surface area (Å²) in [6.45, 7) is 5.43. The Bertz CT molecular complexity index is 587. The first-order valence-corrected chi connectivity index (χ1v) is 6.68. The van der Waals surface area contributed by atoms with E-state index < -0.39 is 0 Å². The molecule has 2 aromatic heterocycles. The summed E-state index contributed by atoms with van der Waals surface area (Å²) in [5.41, 5.74) is -0.259. The van der Waals surface area contributed by atoms with E-state index in [9.17, 15) is 4.79 Å². The summed E-state index contributed by atoms with van der Waals surface area (Å²) in [6.07, 6.45) is 6.18. The molecule has 2 aromatic rings. The summed E-state index contributed by atoms with van der Waals surface area (Å²) < 4.78 is 3.45. The van der Waals surface area contributed by atoms with E-state index in [1.807, 2.05) is 11.6 Å². The quantitative estimate of drug-likeness (QED) is 0.785. The zero-order valence-electron chi connectivity index (χ0n) is 11.4. The number of aryl methyl sites for hydroxylation is 2. The molecule has 0 bridgehead atoms. The molecule has 2 heterocycles. The normalized spacial score (nSPS) is 10.8. The third kappa shape index (κ3) is 3.27. The molecule has 0 aliphatic carbocycles. The predicted molar refractivity (Wildman–Crippen MR) is 71.9 cm³/mol. The predicted octanol–water partition coefficient (Wildman–Crippen LogP) is 1.25. The lowest BCUT2D eigenvalue weighted by Gasteiger charge is -2.06. The van der Waals surface area contributed by atoms with Crippen LogP contribution < -0.4 is 5.69 Å². The summed E-state index contributed by atoms with van der Waals surface area (Å²) in [4.78, 5) is 19.8. The van der Waals surface area contributed by atoms with Crippen molar-refractivity contribution in [2.75, 3.05) is 0 Å². The molecule has 6 nitrogen and oxygen atoms in total. The molecular weight excluding hydrogens is 242 g/mol. The third-order valence-electron chi connectivity index (χ3n) is 2.93. The maximum atomic E-state index is 11.6. The van der Waals surface area contributed by atoms with Crippen LogP contribution in [0.2, 0.25) is 0 Å². The van der Waals surface area contributed by atoms with Gasteiger partial charge in [-0.3, -0.25) is 4.57 Å². The van der Waals surface area contributed by atoms with Crippen molar-refractivity contribution >= 4 is 0 Å². The summed E-state index contributed by atoms with van der Waals surface area (Å²) in [7, 11) is 0. The Morgan fingerprint density at radius 3 is 2.84 bits per heavy atom. The van der Waals surface area contributed by atoms with Crippen LogP contribution in [0.5, 0.6) is 0 Å². The Hall–Kier alpha value is -1.98. The van der Waals surface area contributed by atoms with Crippen molar-refractivity contribution in [1.29, 1.82) is 0 Å². The molecule has 0 saturated carbocycles. The van der Waals surface area contributed by atoms with Gasteiger partial charge in [0.1, 0.15) is 5.82 Å². The SMILES string of the molecule is CCCCn1nc(CC)nc1Cn1cccnc1=O. The second kappa shape index (κ2) is 6.26. The van der Waals surface area contributed by atoms with Gasteiger partial charge >= 0.3 is 5.69 Å². The average Bonchev–Trinajstić information content (AvgIpc) is 2.81. The van der Waals surface area contributed by atoms with Crippen molar-refractivity contribution < 1.29 is 0 Å². The molecule has 0 radical (unpaired) electrons. The van der Waals surface area contributed by atoms with E-state index >= 15 is 0 Å². The van der Waals surface area contributed by atoms with Crippen molar-refractivity contribution in [2.45, 2.75) is 46.2 Å². The number of rotatable bonds is 6. The van der Waals surface area contributed by atoms with E-state index in [0.29, 0.717) is 6.54 Å². The molecule has 0 fully saturated rings. The van der Waals surface area contributed by atoms with E-state index in [0.717, 1.165) is 37.5 Å². The second-order valence-electron chi connectivity index (χ2n) is 4.40. The minimum atomic E-state index is -0.259. The largest absolute Gasteiger partial charge is 0.347 e. The summed E-state index contributed by atoms with van der Waals surface area (Å²) in [5, 5.41) is 4.46. The lowest BCUT2D eigenvalue weighted by Crippen LogP contribution is -2.23. The van der Waals surface area contributed by atoms with Crippen LogP contribution in [0.4, 0.5) is 0 Å². The van der Waals surface area contributed by atoms with Crippen molar-refractivity contribution in [3.8, 4) is 0 Å². The summed E-state index contributed by atoms with van der Waals surface area (Å²) >= 11 is 0. The molecule has 2 rings (SSSR count). The van der Waals surface area contributed by atoms with Crippen LogP contribution in [-0.4, -0.2) is 24.3 Å². The molecule has 0 aromatic carbocycles. The molecule has 0 spiro atoms. The second-order valence-corrected chi connectivity index (χ2v) is 4.40. The van der Waals surface area contributed by atoms with Gasteiger partial charge in [0.05, 0.1) is 6.54 Å². The van der Waals surface area contributed by atoms with Crippen LogP contribution in [0.15, 0.2) is 23.3 Å². The molecule has 0 amide bonds. The van der Waals surface area contributed by atoms with Gasteiger partial charge in [-0.25, -0.2) is 19.4 Å². The zero-order valence-corrected chi connectivity index (χ0v) is 11.4. The van der Waals surface area contributed by atoms with Crippen molar-refractivity contribution in [3.05, 3.63) is 40.6 Å². The van der Waals surface area contributed by atoms with Crippen molar-refractivity contribution in [1.82, 2.24) is 24.3 Å². The maximum absolute atomic E-state index is 11.6. The number of hydrogen-bond donors (Lipinski definition) is 0. The minimum absolute atomic E-state index is 0.259. The summed E-state index contributed by atoms with van der Waals surface area (Å²) in [6, 6.07) is 1.74. The van der Waals surface area contributed by atoms with Crippen molar-refractivity contribution in [2.24, 2.45) is 0 Å². The lowest BCUT2D eigenvalue weighted by molar-refractivity contribution is 0.526. The highest BCUT2D eigenvalue weighted by molar-refractivity contribution is 4.95. The molecule has 0 unspecified atom stereocenters. The molecule has 0 aliphatic rings. The van der Waals surface area contributed by atoms with Crippen LogP contribution >= 0.6 is 0 Å². The number of nitrogens with zero attached hydrogens (tertiary/aromatic N) is 5. The minimum Gasteiger partial charge on any atom is -0.292 e. The molecule has 6 heteroatoms. The highest BCUT2D eigenvalue weighted by atomic mass is 16.1. The molecule has 0 aliphatic heterocycles. The maximum Gasteiger partial charge on any atom is 0.347 e. The molecule has 0 N–H and O–H groups in total. The molecule has 0 saturated heterocycles. The van der Waals surface area contributed by atoms with Crippen LogP contribution in [0, 0.1) is 0 Å². The van der Waals surface area contributed by atoms with Gasteiger partial charge in [0.15, 0.2) is 5.82 Å². The van der Waals surface area contributed by atoms with Crippen LogP contribution in [0.25, 0.3) is 0 Å². The van der Waals surface area contributed by atoms with Gasteiger partial charge in [-0.05, 0) is 12.5 Å². The topological polar surface area (TPSA) is 65.6 Å². The Balaban J connectivity index is 2.25. The first-order chi connectivity index (χ1) is 9.24. The van der Waals surface area contributed by atoms with E-state index in [1.54, 1.807) is 16.8 Å². The van der Waals surface area contributed by atoms with E-state index in [2.05, 4.69) is 22.0 Å². The van der Waals surface area contributed by atoms with Gasteiger partial charge in [-0.1, -0.05) is 20.3 Å². The number of hydrogen-bond acceptors (Lipinski definition) is 4. The molecule has 0 atom stereocenters. The van der Waals surface area contributed by atoms with Crippen LogP contribution in [0.1, 0.15) is 38.3 Å². The van der Waals surface area contributed by atoms with Gasteiger partial charge in [-0.15, -0.1) is 0 Å². The fourth-order valence-electron chi connectivity index (χ4n) is 1.84. The van der Waals surface area contributed by atoms with Gasteiger partial charge in [0, 0.05) is 25.4 Å².